The van der Waals surface area contributed by atoms with Crippen LogP contribution in [0.3, 0.4) is 0 Å². The van der Waals surface area contributed by atoms with Crippen LogP contribution in [0.15, 0.2) is 18.2 Å². The van der Waals surface area contributed by atoms with Gasteiger partial charge in [-0.25, -0.2) is 4.79 Å². The largest absolute Gasteiger partial charge is 0.478 e. The summed E-state index contributed by atoms with van der Waals surface area (Å²) in [6.45, 7) is 1.71. The number of aryl methyl sites for hydroxylation is 1. The fourth-order valence-electron chi connectivity index (χ4n) is 2.50. The minimum absolute atomic E-state index is 0.103. The molecule has 1 fully saturated rings. The van der Waals surface area contributed by atoms with E-state index in [2.05, 4.69) is 5.32 Å². The molecule has 20 heavy (non-hydrogen) atoms. The molecule has 2 rings (SSSR count). The quantitative estimate of drug-likeness (QED) is 0.867. The van der Waals surface area contributed by atoms with Crippen molar-refractivity contribution in [3.63, 3.8) is 0 Å². The normalized spacial score (nSPS) is 16.3. The van der Waals surface area contributed by atoms with Gasteiger partial charge in [0.1, 0.15) is 0 Å². The Kier molecular flexibility index (Phi) is 4.09. The highest BCUT2D eigenvalue weighted by Crippen LogP contribution is 2.38. The number of carbonyl (C=O) groups is 2. The van der Waals surface area contributed by atoms with E-state index in [0.717, 1.165) is 19.3 Å². The molecule has 2 N–H and O–H groups in total. The van der Waals surface area contributed by atoms with Gasteiger partial charge in [0.05, 0.1) is 17.6 Å². The number of carboxylic acid groups (broad SMARTS) is 1. The lowest BCUT2D eigenvalue weighted by Crippen LogP contribution is -2.42. The summed E-state index contributed by atoms with van der Waals surface area (Å²) >= 11 is 0. The van der Waals surface area contributed by atoms with E-state index in [-0.39, 0.29) is 17.1 Å². The number of carbonyl (C=O) groups excluding carboxylic acids is 1. The van der Waals surface area contributed by atoms with Crippen LogP contribution in [0.2, 0.25) is 0 Å². The van der Waals surface area contributed by atoms with E-state index in [4.69, 9.17) is 9.84 Å². The standard InChI is InChI=1S/C15H19NO4/c1-10-8-11(4-5-12(10)14(18)19)16-13(17)9-15(20-2)6-3-7-15/h4-5,8H,3,6-7,9H2,1-2H3,(H,16,17)(H,18,19). The molecule has 1 aliphatic rings. The highest BCUT2D eigenvalue weighted by molar-refractivity contribution is 5.93. The van der Waals surface area contributed by atoms with E-state index >= 15 is 0 Å². The number of benzene rings is 1. The average molecular weight is 277 g/mol. The number of anilines is 1. The van der Waals surface area contributed by atoms with Crippen LogP contribution in [-0.4, -0.2) is 29.7 Å². The average Bonchev–Trinajstić information content (AvgIpc) is 2.33. The van der Waals surface area contributed by atoms with Gasteiger partial charge in [0, 0.05) is 12.8 Å². The molecule has 108 valence electrons. The Balaban J connectivity index is 2.01. The van der Waals surface area contributed by atoms with Crippen LogP contribution in [0, 0.1) is 6.92 Å². The summed E-state index contributed by atoms with van der Waals surface area (Å²) in [5.41, 5.74) is 1.18. The maximum absolute atomic E-state index is 12.0. The Morgan fingerprint density at radius 1 is 1.40 bits per heavy atom. The van der Waals surface area contributed by atoms with E-state index in [0.29, 0.717) is 17.7 Å². The molecule has 1 amide bonds. The van der Waals surface area contributed by atoms with Gasteiger partial charge in [0.25, 0.3) is 0 Å². The van der Waals surface area contributed by atoms with E-state index in [9.17, 15) is 9.59 Å². The number of carboxylic acids is 1. The number of hydrogen-bond donors (Lipinski definition) is 2. The second-order valence-electron chi connectivity index (χ2n) is 5.30. The Bertz CT molecular complexity index is 529. The molecule has 0 spiro atoms. The molecule has 1 saturated carbocycles. The maximum atomic E-state index is 12.0. The first-order chi connectivity index (χ1) is 9.46. The predicted molar refractivity (Wildman–Crippen MR) is 75.0 cm³/mol. The highest BCUT2D eigenvalue weighted by Gasteiger charge is 2.38. The van der Waals surface area contributed by atoms with Gasteiger partial charge in [-0.05, 0) is 49.9 Å². The van der Waals surface area contributed by atoms with E-state index in [1.54, 1.807) is 26.2 Å². The number of rotatable bonds is 5. The van der Waals surface area contributed by atoms with Crippen molar-refractivity contribution in [2.24, 2.45) is 0 Å². The third-order valence-electron chi connectivity index (χ3n) is 3.92. The first-order valence-corrected chi connectivity index (χ1v) is 6.65. The monoisotopic (exact) mass is 277 g/mol. The van der Waals surface area contributed by atoms with Gasteiger partial charge in [-0.15, -0.1) is 0 Å². The van der Waals surface area contributed by atoms with Crippen molar-refractivity contribution in [3.8, 4) is 0 Å². The third-order valence-corrected chi connectivity index (χ3v) is 3.92. The number of amides is 1. The lowest BCUT2D eigenvalue weighted by atomic mass is 9.77. The van der Waals surface area contributed by atoms with Crippen molar-refractivity contribution in [2.45, 2.75) is 38.2 Å². The van der Waals surface area contributed by atoms with Crippen molar-refractivity contribution in [1.82, 2.24) is 0 Å². The number of nitrogens with one attached hydrogen (secondary N) is 1. The van der Waals surface area contributed by atoms with Gasteiger partial charge in [-0.3, -0.25) is 4.79 Å². The molecule has 0 radical (unpaired) electrons. The first kappa shape index (κ1) is 14.5. The minimum Gasteiger partial charge on any atom is -0.478 e. The SMILES string of the molecule is COC1(CC(=O)Nc2ccc(C(=O)O)c(C)c2)CCC1. The molecule has 0 saturated heterocycles. The Morgan fingerprint density at radius 3 is 2.55 bits per heavy atom. The van der Waals surface area contributed by atoms with Gasteiger partial charge in [-0.1, -0.05) is 0 Å². The molecular formula is C15H19NO4. The van der Waals surface area contributed by atoms with Gasteiger partial charge in [-0.2, -0.15) is 0 Å². The lowest BCUT2D eigenvalue weighted by Gasteiger charge is -2.39. The van der Waals surface area contributed by atoms with Gasteiger partial charge in [0.15, 0.2) is 0 Å². The van der Waals surface area contributed by atoms with Crippen LogP contribution >= 0.6 is 0 Å². The molecule has 0 bridgehead atoms. The van der Waals surface area contributed by atoms with E-state index in [1.165, 1.54) is 6.07 Å². The second kappa shape index (κ2) is 5.63. The topological polar surface area (TPSA) is 75.6 Å². The number of hydrogen-bond acceptors (Lipinski definition) is 3. The highest BCUT2D eigenvalue weighted by atomic mass is 16.5. The van der Waals surface area contributed by atoms with Gasteiger partial charge < -0.3 is 15.2 Å². The third kappa shape index (κ3) is 2.99. The van der Waals surface area contributed by atoms with Crippen LogP contribution in [0.5, 0.6) is 0 Å². The molecule has 0 unspecified atom stereocenters. The first-order valence-electron chi connectivity index (χ1n) is 6.65. The fourth-order valence-corrected chi connectivity index (χ4v) is 2.50. The van der Waals surface area contributed by atoms with E-state index < -0.39 is 5.97 Å². The molecule has 5 nitrogen and oxygen atoms in total. The maximum Gasteiger partial charge on any atom is 0.335 e. The van der Waals surface area contributed by atoms with Crippen molar-refractivity contribution in [1.29, 1.82) is 0 Å². The molecule has 1 aromatic rings. The summed E-state index contributed by atoms with van der Waals surface area (Å²) in [7, 11) is 1.64. The Morgan fingerprint density at radius 2 is 2.10 bits per heavy atom. The molecule has 1 aliphatic carbocycles. The van der Waals surface area contributed by atoms with Crippen LogP contribution in [0.25, 0.3) is 0 Å². The predicted octanol–water partition coefficient (Wildman–Crippen LogP) is 2.59. The molecule has 0 aliphatic heterocycles. The zero-order valence-corrected chi connectivity index (χ0v) is 11.7. The molecular weight excluding hydrogens is 258 g/mol. The Hall–Kier alpha value is -1.88. The van der Waals surface area contributed by atoms with Crippen molar-refractivity contribution < 1.29 is 19.4 Å². The van der Waals surface area contributed by atoms with Gasteiger partial charge >= 0.3 is 5.97 Å². The zero-order chi connectivity index (χ0) is 14.8. The van der Waals surface area contributed by atoms with Gasteiger partial charge in [0.2, 0.25) is 5.91 Å². The molecule has 0 aromatic heterocycles. The molecule has 5 heteroatoms. The molecule has 1 aromatic carbocycles. The zero-order valence-electron chi connectivity index (χ0n) is 11.7. The summed E-state index contributed by atoms with van der Waals surface area (Å²) in [5.74, 6) is -1.07. The summed E-state index contributed by atoms with van der Waals surface area (Å²) < 4.78 is 5.42. The summed E-state index contributed by atoms with van der Waals surface area (Å²) in [6.07, 6.45) is 3.25. The number of aromatic carboxylic acids is 1. The van der Waals surface area contributed by atoms with Crippen molar-refractivity contribution in [3.05, 3.63) is 29.3 Å². The fraction of sp³-hybridized carbons (Fsp3) is 0.467. The Labute approximate surface area is 117 Å². The lowest BCUT2D eigenvalue weighted by molar-refractivity contribution is -0.129. The smallest absolute Gasteiger partial charge is 0.335 e. The van der Waals surface area contributed by atoms with Crippen LogP contribution < -0.4 is 5.32 Å². The molecule has 0 heterocycles. The van der Waals surface area contributed by atoms with Crippen LogP contribution in [0.1, 0.15) is 41.6 Å². The summed E-state index contributed by atoms with van der Waals surface area (Å²) in [5, 5.41) is 11.8. The van der Waals surface area contributed by atoms with Crippen molar-refractivity contribution >= 4 is 17.6 Å². The minimum atomic E-state index is -0.965. The van der Waals surface area contributed by atoms with Crippen LogP contribution in [0.4, 0.5) is 5.69 Å². The second-order valence-corrected chi connectivity index (χ2v) is 5.30. The van der Waals surface area contributed by atoms with E-state index in [1.807, 2.05) is 0 Å². The number of ether oxygens (including phenoxy) is 1. The van der Waals surface area contributed by atoms with Crippen LogP contribution in [-0.2, 0) is 9.53 Å². The summed E-state index contributed by atoms with van der Waals surface area (Å²) in [4.78, 5) is 22.9. The number of methoxy groups -OCH3 is 1. The molecule has 0 atom stereocenters. The van der Waals surface area contributed by atoms with Crippen molar-refractivity contribution in [2.75, 3.05) is 12.4 Å². The summed E-state index contributed by atoms with van der Waals surface area (Å²) in [6, 6.07) is 4.78.